The van der Waals surface area contributed by atoms with Crippen molar-refractivity contribution in [2.75, 3.05) is 5.32 Å². The average molecular weight is 314 g/mol. The number of nitrogens with two attached hydrogens (primary N) is 1. The molecule has 6 nitrogen and oxygen atoms in total. The van der Waals surface area contributed by atoms with E-state index in [1.807, 2.05) is 19.1 Å². The molecular formula is C15H18N6S. The molecule has 0 aliphatic rings. The first-order valence-electron chi connectivity index (χ1n) is 7.15. The van der Waals surface area contributed by atoms with Gasteiger partial charge in [-0.2, -0.15) is 0 Å². The lowest BCUT2D eigenvalue weighted by Crippen LogP contribution is -2.17. The minimum Gasteiger partial charge on any atom is -0.363 e. The number of fused-ring (bicyclic) bond motifs is 1. The van der Waals surface area contributed by atoms with Gasteiger partial charge in [-0.1, -0.05) is 0 Å². The second-order valence-electron chi connectivity index (χ2n) is 5.36. The lowest BCUT2D eigenvalue weighted by atomic mass is 10.1. The monoisotopic (exact) mass is 314 g/mol. The largest absolute Gasteiger partial charge is 0.363 e. The Bertz CT molecular complexity index is 768. The van der Waals surface area contributed by atoms with Crippen molar-refractivity contribution < 1.29 is 0 Å². The molecule has 0 radical (unpaired) electrons. The molecule has 0 saturated carbocycles. The first kappa shape index (κ1) is 14.8. The molecular weight excluding hydrogens is 296 g/mol. The fraction of sp³-hybridized carbons (Fsp3) is 0.333. The van der Waals surface area contributed by atoms with E-state index in [1.165, 1.54) is 4.88 Å². The summed E-state index contributed by atoms with van der Waals surface area (Å²) in [6.45, 7) is 4.75. The molecule has 3 aromatic rings. The van der Waals surface area contributed by atoms with Crippen LogP contribution in [0.1, 0.15) is 22.9 Å². The number of hydrogen-bond acceptors (Lipinski definition) is 7. The van der Waals surface area contributed by atoms with E-state index in [0.717, 1.165) is 33.6 Å². The maximum absolute atomic E-state index is 5.92. The summed E-state index contributed by atoms with van der Waals surface area (Å²) in [6, 6.07) is 4.07. The van der Waals surface area contributed by atoms with Crippen LogP contribution in [0.3, 0.4) is 0 Å². The summed E-state index contributed by atoms with van der Waals surface area (Å²) in [7, 11) is 0. The van der Waals surface area contributed by atoms with Crippen LogP contribution < -0.4 is 11.1 Å². The van der Waals surface area contributed by atoms with Gasteiger partial charge in [0.15, 0.2) is 5.82 Å². The van der Waals surface area contributed by atoms with Gasteiger partial charge in [0.05, 0.1) is 4.70 Å². The topological polar surface area (TPSA) is 89.6 Å². The molecule has 0 aliphatic carbocycles. The fourth-order valence-electron chi connectivity index (χ4n) is 2.28. The molecule has 7 heteroatoms. The van der Waals surface area contributed by atoms with Gasteiger partial charge in [0.25, 0.3) is 0 Å². The van der Waals surface area contributed by atoms with E-state index in [1.54, 1.807) is 23.7 Å². The van der Waals surface area contributed by atoms with Crippen LogP contribution in [0.15, 0.2) is 24.5 Å². The highest BCUT2D eigenvalue weighted by atomic mass is 32.1. The summed E-state index contributed by atoms with van der Waals surface area (Å²) in [5.74, 6) is 0.769. The number of anilines is 1. The van der Waals surface area contributed by atoms with Crippen LogP contribution in [-0.4, -0.2) is 26.4 Å². The van der Waals surface area contributed by atoms with Crippen LogP contribution in [0, 0.1) is 6.92 Å². The predicted molar refractivity (Wildman–Crippen MR) is 88.9 cm³/mol. The smallest absolute Gasteiger partial charge is 0.170 e. The Morgan fingerprint density at radius 1 is 1.27 bits per heavy atom. The van der Waals surface area contributed by atoms with Gasteiger partial charge >= 0.3 is 0 Å². The number of aromatic nitrogens is 4. The first-order valence-corrected chi connectivity index (χ1v) is 7.96. The van der Waals surface area contributed by atoms with Crippen molar-refractivity contribution in [1.82, 2.24) is 20.4 Å². The summed E-state index contributed by atoms with van der Waals surface area (Å²) < 4.78 is 1.04. The zero-order valence-electron chi connectivity index (χ0n) is 12.6. The van der Waals surface area contributed by atoms with Crippen LogP contribution >= 0.6 is 11.3 Å². The zero-order chi connectivity index (χ0) is 15.5. The molecule has 3 heterocycles. The van der Waals surface area contributed by atoms with Crippen molar-refractivity contribution in [2.24, 2.45) is 5.73 Å². The molecule has 3 aromatic heterocycles. The highest BCUT2D eigenvalue weighted by Gasteiger charge is 2.15. The molecule has 0 bridgehead atoms. The Balaban J connectivity index is 1.89. The number of pyridine rings is 1. The quantitative estimate of drug-likeness (QED) is 0.751. The second-order valence-corrected chi connectivity index (χ2v) is 6.46. The highest BCUT2D eigenvalue weighted by Crippen LogP contribution is 2.33. The lowest BCUT2D eigenvalue weighted by molar-refractivity contribution is 0.744. The normalized spacial score (nSPS) is 12.5. The van der Waals surface area contributed by atoms with E-state index in [9.17, 15) is 0 Å². The molecule has 3 rings (SSSR count). The standard InChI is InChI=1S/C15H18N6S/c1-9(16)7-12-10(2)13-14(22-12)15(20-21-19-13)18-8-11-3-5-17-6-4-11/h3-6,9H,7-8,16H2,1-2H3,(H,18,19,20)/t9-/m0/s1. The van der Waals surface area contributed by atoms with Crippen LogP contribution in [0.5, 0.6) is 0 Å². The number of aryl methyl sites for hydroxylation is 1. The number of thiophene rings is 1. The van der Waals surface area contributed by atoms with Crippen molar-refractivity contribution in [2.45, 2.75) is 32.9 Å². The van der Waals surface area contributed by atoms with Gasteiger partial charge in [0, 0.05) is 29.9 Å². The molecule has 0 amide bonds. The Morgan fingerprint density at radius 2 is 2.05 bits per heavy atom. The Morgan fingerprint density at radius 3 is 2.77 bits per heavy atom. The molecule has 0 fully saturated rings. The fourth-order valence-corrected chi connectivity index (χ4v) is 3.62. The Hall–Kier alpha value is -2.12. The molecule has 3 N–H and O–H groups in total. The van der Waals surface area contributed by atoms with E-state index in [-0.39, 0.29) is 6.04 Å². The minimum absolute atomic E-state index is 0.126. The summed E-state index contributed by atoms with van der Waals surface area (Å²) in [4.78, 5) is 5.27. The number of rotatable bonds is 5. The van der Waals surface area contributed by atoms with Crippen LogP contribution in [0.25, 0.3) is 10.2 Å². The van der Waals surface area contributed by atoms with Crippen molar-refractivity contribution in [3.05, 3.63) is 40.5 Å². The van der Waals surface area contributed by atoms with Gasteiger partial charge in [-0.25, -0.2) is 0 Å². The van der Waals surface area contributed by atoms with Gasteiger partial charge in [-0.3, -0.25) is 4.98 Å². The third-order valence-electron chi connectivity index (χ3n) is 3.44. The molecule has 0 spiro atoms. The van der Waals surface area contributed by atoms with Gasteiger partial charge in [-0.05, 0) is 48.7 Å². The zero-order valence-corrected chi connectivity index (χ0v) is 13.4. The van der Waals surface area contributed by atoms with Crippen molar-refractivity contribution >= 4 is 27.4 Å². The van der Waals surface area contributed by atoms with Crippen LogP contribution in [0.2, 0.25) is 0 Å². The summed E-state index contributed by atoms with van der Waals surface area (Å²) in [6.07, 6.45) is 4.40. The van der Waals surface area contributed by atoms with Gasteiger partial charge in [0.1, 0.15) is 5.52 Å². The predicted octanol–water partition coefficient (Wildman–Crippen LogP) is 2.29. The van der Waals surface area contributed by atoms with E-state index >= 15 is 0 Å². The Kier molecular flexibility index (Phi) is 4.26. The minimum atomic E-state index is 0.126. The molecule has 0 unspecified atom stereocenters. The number of nitrogens with one attached hydrogen (secondary N) is 1. The molecule has 1 atom stereocenters. The van der Waals surface area contributed by atoms with E-state index in [0.29, 0.717) is 6.54 Å². The van der Waals surface area contributed by atoms with Crippen molar-refractivity contribution in [3.63, 3.8) is 0 Å². The van der Waals surface area contributed by atoms with Crippen LogP contribution in [0.4, 0.5) is 5.82 Å². The maximum Gasteiger partial charge on any atom is 0.170 e. The van der Waals surface area contributed by atoms with Crippen molar-refractivity contribution in [3.8, 4) is 0 Å². The lowest BCUT2D eigenvalue weighted by Gasteiger charge is -2.04. The molecule has 22 heavy (non-hydrogen) atoms. The summed E-state index contributed by atoms with van der Waals surface area (Å²) in [5, 5.41) is 15.5. The SMILES string of the molecule is Cc1c(C[C@H](C)N)sc2c(NCc3ccncc3)nnnc12. The molecule has 0 saturated heterocycles. The molecule has 0 aliphatic heterocycles. The highest BCUT2D eigenvalue weighted by molar-refractivity contribution is 7.19. The molecule has 0 aromatic carbocycles. The maximum atomic E-state index is 5.92. The first-order chi connectivity index (χ1) is 10.6. The summed E-state index contributed by atoms with van der Waals surface area (Å²) >= 11 is 1.69. The van der Waals surface area contributed by atoms with Crippen molar-refractivity contribution in [1.29, 1.82) is 0 Å². The third kappa shape index (κ3) is 3.05. The van der Waals surface area contributed by atoms with Gasteiger partial charge in [0.2, 0.25) is 0 Å². The molecule has 114 valence electrons. The number of hydrogen-bond donors (Lipinski definition) is 2. The van der Waals surface area contributed by atoms with E-state index in [2.05, 4.69) is 32.6 Å². The van der Waals surface area contributed by atoms with Gasteiger partial charge < -0.3 is 11.1 Å². The van der Waals surface area contributed by atoms with E-state index in [4.69, 9.17) is 5.73 Å². The van der Waals surface area contributed by atoms with E-state index < -0.39 is 0 Å². The van der Waals surface area contributed by atoms with Gasteiger partial charge in [-0.15, -0.1) is 21.5 Å². The average Bonchev–Trinajstić information content (AvgIpc) is 2.83. The summed E-state index contributed by atoms with van der Waals surface area (Å²) in [5.41, 5.74) is 9.13. The number of nitrogens with zero attached hydrogens (tertiary/aromatic N) is 4. The second kappa shape index (κ2) is 6.33. The third-order valence-corrected chi connectivity index (χ3v) is 4.75. The van der Waals surface area contributed by atoms with Crippen LogP contribution in [-0.2, 0) is 13.0 Å². The Labute approximate surface area is 132 Å².